The molecular formula is C18H18N4O2S. The van der Waals surface area contributed by atoms with E-state index in [-0.39, 0.29) is 5.75 Å². The molecule has 6 nitrogen and oxygen atoms in total. The van der Waals surface area contributed by atoms with Gasteiger partial charge in [-0.25, -0.2) is 13.4 Å². The lowest BCUT2D eigenvalue weighted by molar-refractivity contribution is 0.554. The van der Waals surface area contributed by atoms with Crippen LogP contribution in [0.1, 0.15) is 17.7 Å². The van der Waals surface area contributed by atoms with E-state index in [4.69, 9.17) is 0 Å². The Morgan fingerprint density at radius 1 is 1.16 bits per heavy atom. The van der Waals surface area contributed by atoms with Crippen molar-refractivity contribution in [2.75, 3.05) is 12.3 Å². The predicted molar refractivity (Wildman–Crippen MR) is 98.0 cm³/mol. The molecule has 0 saturated carbocycles. The number of allylic oxidation sites excluding steroid dienone is 2. The summed E-state index contributed by atoms with van der Waals surface area (Å²) < 4.78 is 30.1. The Balaban J connectivity index is 1.72. The summed E-state index contributed by atoms with van der Waals surface area (Å²) >= 11 is 0. The van der Waals surface area contributed by atoms with Crippen molar-refractivity contribution < 1.29 is 8.42 Å². The zero-order valence-electron chi connectivity index (χ0n) is 13.8. The molecule has 4 rings (SSSR count). The molecule has 0 aliphatic carbocycles. The van der Waals surface area contributed by atoms with Crippen molar-refractivity contribution in [3.8, 4) is 5.69 Å². The highest BCUT2D eigenvalue weighted by Gasteiger charge is 2.25. The van der Waals surface area contributed by atoms with E-state index in [0.29, 0.717) is 18.8 Å². The van der Waals surface area contributed by atoms with Gasteiger partial charge < -0.3 is 9.47 Å². The normalized spacial score (nSPS) is 19.0. The Labute approximate surface area is 146 Å². The molecule has 0 fully saturated rings. The van der Waals surface area contributed by atoms with Crippen LogP contribution < -0.4 is 0 Å². The fourth-order valence-corrected chi connectivity index (χ4v) is 4.07. The molecule has 0 saturated heterocycles. The first-order valence-electron chi connectivity index (χ1n) is 8.11. The second-order valence-corrected chi connectivity index (χ2v) is 7.89. The third-order valence-electron chi connectivity index (χ3n) is 4.26. The molecule has 0 N–H and O–H groups in total. The number of rotatable bonds is 2. The minimum atomic E-state index is -3.42. The maximum atomic E-state index is 12.1. The maximum Gasteiger partial charge on any atom is 0.255 e. The van der Waals surface area contributed by atoms with Crippen LogP contribution in [-0.2, 0) is 10.0 Å². The average molecular weight is 354 g/mol. The molecule has 0 unspecified atom stereocenters. The molecule has 0 atom stereocenters. The standard InChI is InChI=1S/C18H18N4O2S/c1-14-12-22(13-19-14)16-7-5-15(6-8-16)17-4-2-9-21-10-3-11-25(23,24)20-18(17)21/h2,4-9,12-13H,3,10-11H2,1H3. The van der Waals surface area contributed by atoms with Gasteiger partial charge >= 0.3 is 0 Å². The van der Waals surface area contributed by atoms with E-state index in [1.54, 1.807) is 6.33 Å². The molecule has 1 aromatic heterocycles. The number of sulfonamides is 1. The van der Waals surface area contributed by atoms with Crippen LogP contribution in [0.3, 0.4) is 0 Å². The first kappa shape index (κ1) is 15.8. The summed E-state index contributed by atoms with van der Waals surface area (Å²) in [5, 5.41) is 0. The fourth-order valence-electron chi connectivity index (χ4n) is 3.02. The molecule has 2 aliphatic heterocycles. The molecule has 128 valence electrons. The number of hydrogen-bond donors (Lipinski definition) is 0. The molecule has 0 bridgehead atoms. The summed E-state index contributed by atoms with van der Waals surface area (Å²) in [4.78, 5) is 6.15. The van der Waals surface area contributed by atoms with Crippen LogP contribution in [0.2, 0.25) is 0 Å². The van der Waals surface area contributed by atoms with Crippen LogP contribution in [0.4, 0.5) is 0 Å². The lowest BCUT2D eigenvalue weighted by Crippen LogP contribution is -2.28. The first-order valence-corrected chi connectivity index (χ1v) is 9.72. The lowest BCUT2D eigenvalue weighted by atomic mass is 10.0. The van der Waals surface area contributed by atoms with Gasteiger partial charge in [-0.15, -0.1) is 4.40 Å². The molecule has 0 radical (unpaired) electrons. The number of benzene rings is 1. The number of aryl methyl sites for hydroxylation is 1. The zero-order valence-corrected chi connectivity index (χ0v) is 14.6. The highest BCUT2D eigenvalue weighted by Crippen LogP contribution is 2.26. The molecule has 25 heavy (non-hydrogen) atoms. The molecule has 2 aromatic rings. The highest BCUT2D eigenvalue weighted by atomic mass is 32.2. The number of fused-ring (bicyclic) bond motifs is 1. The topological polar surface area (TPSA) is 67.6 Å². The van der Waals surface area contributed by atoms with E-state index >= 15 is 0 Å². The lowest BCUT2D eigenvalue weighted by Gasteiger charge is -2.24. The van der Waals surface area contributed by atoms with Gasteiger partial charge in [-0.2, -0.15) is 0 Å². The summed E-state index contributed by atoms with van der Waals surface area (Å²) in [6.45, 7) is 2.60. The van der Waals surface area contributed by atoms with Crippen molar-refractivity contribution in [2.45, 2.75) is 13.3 Å². The van der Waals surface area contributed by atoms with Crippen molar-refractivity contribution >= 4 is 21.4 Å². The van der Waals surface area contributed by atoms with Gasteiger partial charge in [0.25, 0.3) is 10.0 Å². The number of nitrogens with zero attached hydrogens (tertiary/aromatic N) is 4. The van der Waals surface area contributed by atoms with E-state index in [9.17, 15) is 8.42 Å². The molecule has 7 heteroatoms. The van der Waals surface area contributed by atoms with Gasteiger partial charge in [-0.3, -0.25) is 0 Å². The van der Waals surface area contributed by atoms with E-state index in [0.717, 1.165) is 22.5 Å². The van der Waals surface area contributed by atoms with Crippen LogP contribution in [-0.4, -0.2) is 41.0 Å². The monoisotopic (exact) mass is 354 g/mol. The van der Waals surface area contributed by atoms with E-state index < -0.39 is 10.0 Å². The van der Waals surface area contributed by atoms with Crippen LogP contribution in [0.25, 0.3) is 11.3 Å². The largest absolute Gasteiger partial charge is 0.332 e. The summed E-state index contributed by atoms with van der Waals surface area (Å²) in [6, 6.07) is 7.94. The minimum absolute atomic E-state index is 0.0903. The number of imidazole rings is 1. The highest BCUT2D eigenvalue weighted by molar-refractivity contribution is 7.90. The Hall–Kier alpha value is -2.67. The fraction of sp³-hybridized carbons (Fsp3) is 0.222. The van der Waals surface area contributed by atoms with Crippen LogP contribution in [0.15, 0.2) is 59.5 Å². The SMILES string of the molecule is Cc1cn(-c2ccc(C3=CC=CN4CCCS(=O)(=O)N=C34)cc2)cn1. The van der Waals surface area contributed by atoms with Gasteiger partial charge in [0.05, 0.1) is 17.8 Å². The van der Waals surface area contributed by atoms with Gasteiger partial charge in [0.1, 0.15) is 0 Å². The Morgan fingerprint density at radius 2 is 1.96 bits per heavy atom. The van der Waals surface area contributed by atoms with Crippen LogP contribution in [0, 0.1) is 6.92 Å². The zero-order chi connectivity index (χ0) is 17.4. The summed E-state index contributed by atoms with van der Waals surface area (Å²) in [5.74, 6) is 0.596. The second-order valence-electron chi connectivity index (χ2n) is 6.14. The van der Waals surface area contributed by atoms with Crippen molar-refractivity contribution in [3.05, 3.63) is 66.4 Å². The molecule has 1 aromatic carbocycles. The molecular weight excluding hydrogens is 336 g/mol. The van der Waals surface area contributed by atoms with Gasteiger partial charge in [0.2, 0.25) is 0 Å². The van der Waals surface area contributed by atoms with E-state index in [1.807, 2.05) is 65.2 Å². The Kier molecular flexibility index (Phi) is 3.80. The van der Waals surface area contributed by atoms with E-state index in [1.165, 1.54) is 0 Å². The van der Waals surface area contributed by atoms with Crippen molar-refractivity contribution in [3.63, 3.8) is 0 Å². The quantitative estimate of drug-likeness (QED) is 0.831. The van der Waals surface area contributed by atoms with Crippen molar-refractivity contribution in [1.29, 1.82) is 0 Å². The van der Waals surface area contributed by atoms with Crippen molar-refractivity contribution in [1.82, 2.24) is 14.5 Å². The second kappa shape index (κ2) is 6.00. The van der Waals surface area contributed by atoms with Gasteiger partial charge in [-0.05, 0) is 43.2 Å². The third-order valence-corrected chi connectivity index (χ3v) is 5.51. The average Bonchev–Trinajstić information content (AvgIpc) is 2.95. The van der Waals surface area contributed by atoms with Gasteiger partial charge in [0.15, 0.2) is 5.84 Å². The van der Waals surface area contributed by atoms with Crippen LogP contribution >= 0.6 is 0 Å². The maximum absolute atomic E-state index is 12.1. The Morgan fingerprint density at radius 3 is 2.68 bits per heavy atom. The number of hydrogen-bond acceptors (Lipinski definition) is 4. The smallest absolute Gasteiger partial charge is 0.255 e. The van der Waals surface area contributed by atoms with Gasteiger partial charge in [-0.1, -0.05) is 12.1 Å². The molecule has 0 amide bonds. The molecule has 3 heterocycles. The summed E-state index contributed by atoms with van der Waals surface area (Å²) in [5.41, 5.74) is 3.72. The third kappa shape index (κ3) is 3.15. The van der Waals surface area contributed by atoms with Crippen molar-refractivity contribution in [2.24, 2.45) is 4.40 Å². The van der Waals surface area contributed by atoms with E-state index in [2.05, 4.69) is 9.38 Å². The van der Waals surface area contributed by atoms with Gasteiger partial charge in [0, 0.05) is 30.2 Å². The number of amidine groups is 1. The number of aromatic nitrogens is 2. The Bertz CT molecular complexity index is 998. The molecule has 2 aliphatic rings. The summed E-state index contributed by atoms with van der Waals surface area (Å²) in [7, 11) is -3.42. The van der Waals surface area contributed by atoms with Crippen LogP contribution in [0.5, 0.6) is 0 Å². The first-order chi connectivity index (χ1) is 12.0. The molecule has 0 spiro atoms. The predicted octanol–water partition coefficient (Wildman–Crippen LogP) is 2.53. The minimum Gasteiger partial charge on any atom is -0.332 e. The summed E-state index contributed by atoms with van der Waals surface area (Å²) in [6.07, 6.45) is 10.0.